The van der Waals surface area contributed by atoms with Gasteiger partial charge in [0, 0.05) is 10.8 Å². The minimum absolute atomic E-state index is 0.122. The van der Waals surface area contributed by atoms with Gasteiger partial charge in [0.2, 0.25) is 0 Å². The molecule has 3 aromatic carbocycles. The maximum atomic E-state index is 13.3. The summed E-state index contributed by atoms with van der Waals surface area (Å²) in [7, 11) is 0. The van der Waals surface area contributed by atoms with Gasteiger partial charge in [0.1, 0.15) is 12.0 Å². The second-order valence-electron chi connectivity index (χ2n) is 8.71. The molecule has 3 aromatic heterocycles. The van der Waals surface area contributed by atoms with Gasteiger partial charge in [0.05, 0.1) is 39.4 Å². The van der Waals surface area contributed by atoms with Crippen molar-refractivity contribution in [1.29, 1.82) is 0 Å². The number of hydrogen-bond donors (Lipinski definition) is 3. The Morgan fingerprint density at radius 3 is 2.57 bits per heavy atom. The summed E-state index contributed by atoms with van der Waals surface area (Å²) < 4.78 is 1.51. The molecule has 0 atom stereocenters. The number of carboxylic acids is 1. The van der Waals surface area contributed by atoms with E-state index in [1.807, 2.05) is 31.2 Å². The number of aromatic carboxylic acids is 1. The molecule has 0 fully saturated rings. The Hall–Kier alpha value is -5.31. The largest absolute Gasteiger partial charge is 0.477 e. The van der Waals surface area contributed by atoms with Crippen molar-refractivity contribution in [2.45, 2.75) is 6.92 Å². The van der Waals surface area contributed by atoms with E-state index < -0.39 is 11.9 Å². The number of H-pyrrole nitrogens is 1. The third-order valence-corrected chi connectivity index (χ3v) is 6.64. The van der Waals surface area contributed by atoms with E-state index in [0.29, 0.717) is 38.4 Å². The summed E-state index contributed by atoms with van der Waals surface area (Å²) in [5.74, 6) is -1.78. The Balaban J connectivity index is 1.66. The molecule has 0 aliphatic heterocycles. The second-order valence-corrected chi connectivity index (χ2v) is 8.71. The number of nitrogens with one attached hydrogen (secondary N) is 1. The van der Waals surface area contributed by atoms with Crippen molar-refractivity contribution in [1.82, 2.24) is 19.5 Å². The third-order valence-electron chi connectivity index (χ3n) is 6.64. The molecule has 0 bridgehead atoms. The van der Waals surface area contributed by atoms with Crippen LogP contribution in [0.25, 0.3) is 49.5 Å². The second kappa shape index (κ2) is 8.13. The van der Waals surface area contributed by atoms with Crippen molar-refractivity contribution in [3.8, 4) is 16.8 Å². The van der Waals surface area contributed by atoms with Crippen molar-refractivity contribution in [2.24, 2.45) is 5.73 Å². The number of nitrogens with zero attached hydrogens (tertiary/aromatic N) is 3. The molecule has 4 N–H and O–H groups in total. The van der Waals surface area contributed by atoms with Crippen LogP contribution in [0.4, 0.5) is 0 Å². The van der Waals surface area contributed by atoms with Gasteiger partial charge in [-0.2, -0.15) is 0 Å². The van der Waals surface area contributed by atoms with Gasteiger partial charge in [0.15, 0.2) is 0 Å². The summed E-state index contributed by atoms with van der Waals surface area (Å²) in [5.41, 5.74) is 10.3. The zero-order valence-electron chi connectivity index (χ0n) is 19.5. The van der Waals surface area contributed by atoms with Gasteiger partial charge in [-0.15, -0.1) is 0 Å². The van der Waals surface area contributed by atoms with Crippen molar-refractivity contribution in [3.05, 3.63) is 100 Å². The number of aromatic amines is 1. The first kappa shape index (κ1) is 22.2. The lowest BCUT2D eigenvalue weighted by Gasteiger charge is -2.15. The number of benzene rings is 3. The summed E-state index contributed by atoms with van der Waals surface area (Å²) in [6.07, 6.45) is 2.94. The van der Waals surface area contributed by atoms with Crippen LogP contribution in [0.15, 0.2) is 78.0 Å². The highest BCUT2D eigenvalue weighted by Gasteiger charge is 2.20. The van der Waals surface area contributed by atoms with Crippen LogP contribution in [-0.2, 0) is 0 Å². The van der Waals surface area contributed by atoms with Crippen LogP contribution in [0.5, 0.6) is 0 Å². The lowest BCUT2D eigenvalue weighted by molar-refractivity contribution is 0.0690. The molecule has 9 heteroatoms. The first-order valence-corrected chi connectivity index (χ1v) is 11.4. The number of pyridine rings is 1. The Morgan fingerprint density at radius 1 is 0.973 bits per heavy atom. The molecule has 9 nitrogen and oxygen atoms in total. The van der Waals surface area contributed by atoms with Crippen LogP contribution < -0.4 is 11.3 Å². The first-order chi connectivity index (χ1) is 17.8. The van der Waals surface area contributed by atoms with E-state index in [1.165, 1.54) is 23.2 Å². The van der Waals surface area contributed by atoms with Crippen LogP contribution in [0.3, 0.4) is 0 Å². The molecule has 37 heavy (non-hydrogen) atoms. The predicted octanol–water partition coefficient (Wildman–Crippen LogP) is 4.19. The number of aromatic nitrogens is 4. The molecule has 0 unspecified atom stereocenters. The number of para-hydroxylation sites is 1. The van der Waals surface area contributed by atoms with E-state index in [2.05, 4.69) is 15.0 Å². The van der Waals surface area contributed by atoms with Crippen LogP contribution in [0.2, 0.25) is 0 Å². The standard InChI is InChI=1S/C28H19N5O4/c1-14-15(6-4-8-23(14)33-13-31-20-7-3-2-5-17(20)27(33)35)16-9-10-18(26(29)34)25-24(16)19-11-21(28(36)37)30-12-22(19)32-25/h2-13,32H,1H3,(H2,29,34)(H,36,37). The average Bonchev–Trinajstić information content (AvgIpc) is 3.28. The molecular formula is C28H19N5O4. The van der Waals surface area contributed by atoms with Gasteiger partial charge in [-0.05, 0) is 53.9 Å². The number of carbonyl (C=O) groups excluding carboxylic acids is 1. The SMILES string of the molecule is Cc1c(-c2ccc(C(N)=O)c3[nH]c4cnc(C(=O)O)cc4c23)cccc1-n1cnc2ccccc2c1=O. The number of primary amides is 1. The van der Waals surface area contributed by atoms with Gasteiger partial charge in [-0.3, -0.25) is 14.2 Å². The Morgan fingerprint density at radius 2 is 1.78 bits per heavy atom. The molecule has 0 radical (unpaired) electrons. The van der Waals surface area contributed by atoms with Crippen LogP contribution in [0.1, 0.15) is 26.4 Å². The predicted molar refractivity (Wildman–Crippen MR) is 140 cm³/mol. The Labute approximate surface area is 208 Å². The van der Waals surface area contributed by atoms with Crippen LogP contribution >= 0.6 is 0 Å². The summed E-state index contributed by atoms with van der Waals surface area (Å²) in [6, 6.07) is 17.6. The van der Waals surface area contributed by atoms with Crippen molar-refractivity contribution >= 4 is 44.6 Å². The fourth-order valence-electron chi connectivity index (χ4n) is 4.87. The van der Waals surface area contributed by atoms with Crippen LogP contribution in [-0.4, -0.2) is 36.5 Å². The van der Waals surface area contributed by atoms with E-state index in [9.17, 15) is 19.5 Å². The van der Waals surface area contributed by atoms with E-state index in [0.717, 1.165) is 16.7 Å². The van der Waals surface area contributed by atoms with E-state index >= 15 is 0 Å². The number of carbonyl (C=O) groups is 2. The summed E-state index contributed by atoms with van der Waals surface area (Å²) in [4.78, 5) is 48.8. The maximum absolute atomic E-state index is 13.3. The number of nitrogens with two attached hydrogens (primary N) is 1. The molecule has 6 rings (SSSR count). The maximum Gasteiger partial charge on any atom is 0.354 e. The Bertz CT molecular complexity index is 1990. The van der Waals surface area contributed by atoms with E-state index in [1.54, 1.807) is 30.3 Å². The number of hydrogen-bond acceptors (Lipinski definition) is 5. The van der Waals surface area contributed by atoms with E-state index in [-0.39, 0.29) is 16.8 Å². The lowest BCUT2D eigenvalue weighted by Crippen LogP contribution is -2.19. The quantitative estimate of drug-likeness (QED) is 0.339. The summed E-state index contributed by atoms with van der Waals surface area (Å²) >= 11 is 0. The summed E-state index contributed by atoms with van der Waals surface area (Å²) in [6.45, 7) is 1.90. The van der Waals surface area contributed by atoms with Crippen molar-refractivity contribution in [2.75, 3.05) is 0 Å². The van der Waals surface area contributed by atoms with E-state index in [4.69, 9.17) is 5.73 Å². The van der Waals surface area contributed by atoms with Crippen LogP contribution in [0, 0.1) is 6.92 Å². The topological polar surface area (TPSA) is 144 Å². The van der Waals surface area contributed by atoms with Crippen molar-refractivity contribution < 1.29 is 14.7 Å². The summed E-state index contributed by atoms with van der Waals surface area (Å²) in [5, 5.41) is 11.2. The molecule has 0 spiro atoms. The van der Waals surface area contributed by atoms with Gasteiger partial charge < -0.3 is 15.8 Å². The minimum atomic E-state index is -1.16. The third kappa shape index (κ3) is 3.36. The fraction of sp³-hybridized carbons (Fsp3) is 0.0357. The molecule has 3 heterocycles. The highest BCUT2D eigenvalue weighted by Crippen LogP contribution is 2.38. The molecule has 0 aliphatic rings. The monoisotopic (exact) mass is 489 g/mol. The molecule has 6 aromatic rings. The highest BCUT2D eigenvalue weighted by atomic mass is 16.4. The van der Waals surface area contributed by atoms with Gasteiger partial charge in [-0.25, -0.2) is 14.8 Å². The zero-order valence-corrected chi connectivity index (χ0v) is 19.5. The number of carboxylic acid groups (broad SMARTS) is 1. The normalized spacial score (nSPS) is 11.4. The Kier molecular flexibility index (Phi) is 4.87. The smallest absolute Gasteiger partial charge is 0.354 e. The number of rotatable bonds is 4. The number of amides is 1. The van der Waals surface area contributed by atoms with Gasteiger partial charge >= 0.3 is 5.97 Å². The molecule has 0 saturated carbocycles. The average molecular weight is 489 g/mol. The molecule has 0 saturated heterocycles. The lowest BCUT2D eigenvalue weighted by atomic mass is 9.93. The zero-order chi connectivity index (χ0) is 25.8. The number of fused-ring (bicyclic) bond motifs is 4. The minimum Gasteiger partial charge on any atom is -0.477 e. The highest BCUT2D eigenvalue weighted by molar-refractivity contribution is 6.20. The molecular weight excluding hydrogens is 470 g/mol. The first-order valence-electron chi connectivity index (χ1n) is 11.4. The fourth-order valence-corrected chi connectivity index (χ4v) is 4.87. The molecule has 1 amide bonds. The van der Waals surface area contributed by atoms with Gasteiger partial charge in [0.25, 0.3) is 11.5 Å². The molecule has 0 aliphatic carbocycles. The molecule has 180 valence electrons. The van der Waals surface area contributed by atoms with Gasteiger partial charge in [-0.1, -0.05) is 30.3 Å². The van der Waals surface area contributed by atoms with Crippen molar-refractivity contribution in [3.63, 3.8) is 0 Å².